The number of hydrogen-bond donors (Lipinski definition) is 1. The molecule has 0 amide bonds. The van der Waals surface area contributed by atoms with Crippen molar-refractivity contribution in [2.75, 3.05) is 24.5 Å². The first-order chi connectivity index (χ1) is 7.70. The van der Waals surface area contributed by atoms with Crippen molar-refractivity contribution < 1.29 is 0 Å². The van der Waals surface area contributed by atoms with Crippen LogP contribution in [-0.4, -0.2) is 25.7 Å². The lowest BCUT2D eigenvalue weighted by Gasteiger charge is -2.20. The van der Waals surface area contributed by atoms with Gasteiger partial charge in [0.15, 0.2) is 0 Å². The molecule has 1 aromatic carbocycles. The minimum Gasteiger partial charge on any atom is -0.369 e. The molecule has 1 aliphatic heterocycles. The third-order valence-electron chi connectivity index (χ3n) is 2.93. The first-order valence-corrected chi connectivity index (χ1v) is 7.09. The molecule has 1 N–H and O–H groups in total. The topological polar surface area (TPSA) is 15.3 Å². The van der Waals surface area contributed by atoms with Gasteiger partial charge in [-0.2, -0.15) is 0 Å². The van der Waals surface area contributed by atoms with Crippen LogP contribution in [0.15, 0.2) is 18.2 Å². The van der Waals surface area contributed by atoms with Crippen LogP contribution in [-0.2, 0) is 0 Å². The van der Waals surface area contributed by atoms with E-state index in [-0.39, 0.29) is 0 Å². The number of benzene rings is 1. The normalized spacial score (nSPS) is 20.4. The van der Waals surface area contributed by atoms with Gasteiger partial charge in [0.1, 0.15) is 0 Å². The van der Waals surface area contributed by atoms with Crippen LogP contribution in [0.4, 0.5) is 5.69 Å². The number of halogens is 2. The Hall–Kier alpha value is -0.000000000000000111. The number of rotatable bonds is 3. The van der Waals surface area contributed by atoms with Gasteiger partial charge in [0.2, 0.25) is 0 Å². The number of hydrogen-bond acceptors (Lipinski definition) is 2. The van der Waals surface area contributed by atoms with Crippen molar-refractivity contribution in [3.05, 3.63) is 26.8 Å². The van der Waals surface area contributed by atoms with Crippen molar-refractivity contribution in [2.45, 2.75) is 19.4 Å². The molecule has 88 valence electrons. The third kappa shape index (κ3) is 2.81. The summed E-state index contributed by atoms with van der Waals surface area (Å²) in [5.41, 5.74) is 1.31. The number of nitrogens with one attached hydrogen (secondary N) is 1. The van der Waals surface area contributed by atoms with Gasteiger partial charge in [-0.05, 0) is 53.8 Å². The quantitative estimate of drug-likeness (QED) is 0.843. The zero-order valence-electron chi connectivity index (χ0n) is 9.34. The van der Waals surface area contributed by atoms with Crippen LogP contribution in [0, 0.1) is 3.57 Å². The van der Waals surface area contributed by atoms with Crippen molar-refractivity contribution >= 4 is 39.9 Å². The van der Waals surface area contributed by atoms with Gasteiger partial charge in [-0.3, -0.25) is 0 Å². The highest BCUT2D eigenvalue weighted by Crippen LogP contribution is 2.28. The van der Waals surface area contributed by atoms with Crippen LogP contribution in [0.25, 0.3) is 0 Å². The molecule has 0 saturated carbocycles. The molecule has 0 bridgehead atoms. The fourth-order valence-corrected chi connectivity index (χ4v) is 3.38. The smallest absolute Gasteiger partial charge is 0.0503 e. The molecule has 1 unspecified atom stereocenters. The second kappa shape index (κ2) is 5.56. The Kier molecular flexibility index (Phi) is 4.33. The van der Waals surface area contributed by atoms with Gasteiger partial charge in [-0.15, -0.1) is 0 Å². The summed E-state index contributed by atoms with van der Waals surface area (Å²) in [6.45, 7) is 5.45. The van der Waals surface area contributed by atoms with Crippen LogP contribution in [0.5, 0.6) is 0 Å². The Labute approximate surface area is 115 Å². The molecule has 1 fully saturated rings. The minimum absolute atomic E-state index is 0.636. The van der Waals surface area contributed by atoms with E-state index in [1.54, 1.807) is 0 Å². The highest BCUT2D eigenvalue weighted by atomic mass is 127. The molecule has 2 nitrogen and oxygen atoms in total. The van der Waals surface area contributed by atoms with Crippen molar-refractivity contribution in [2.24, 2.45) is 0 Å². The van der Waals surface area contributed by atoms with E-state index in [4.69, 9.17) is 11.6 Å². The monoisotopic (exact) mass is 350 g/mol. The second-order valence-electron chi connectivity index (χ2n) is 4.09. The molecule has 0 aromatic heterocycles. The van der Waals surface area contributed by atoms with Crippen LogP contribution < -0.4 is 10.2 Å². The van der Waals surface area contributed by atoms with Crippen LogP contribution in [0.2, 0.25) is 5.02 Å². The molecule has 1 atom stereocenters. The summed E-state index contributed by atoms with van der Waals surface area (Å²) >= 11 is 8.32. The Morgan fingerprint density at radius 1 is 1.56 bits per heavy atom. The molecular formula is C12H16ClIN2. The average Bonchev–Trinajstić information content (AvgIpc) is 2.67. The average molecular weight is 351 g/mol. The van der Waals surface area contributed by atoms with E-state index in [2.05, 4.69) is 45.8 Å². The molecular weight excluding hydrogens is 335 g/mol. The molecule has 4 heteroatoms. The lowest BCUT2D eigenvalue weighted by atomic mass is 10.2. The maximum atomic E-state index is 5.97. The Bertz CT molecular complexity index is 370. The molecule has 1 aromatic rings. The van der Waals surface area contributed by atoms with Gasteiger partial charge < -0.3 is 10.2 Å². The zero-order chi connectivity index (χ0) is 11.5. The lowest BCUT2D eigenvalue weighted by Crippen LogP contribution is -2.32. The first kappa shape index (κ1) is 12.5. The van der Waals surface area contributed by atoms with Crippen molar-refractivity contribution in [1.82, 2.24) is 5.32 Å². The fourth-order valence-electron chi connectivity index (χ4n) is 2.17. The predicted molar refractivity (Wildman–Crippen MR) is 78.5 cm³/mol. The van der Waals surface area contributed by atoms with Gasteiger partial charge in [0.25, 0.3) is 0 Å². The molecule has 1 heterocycles. The maximum Gasteiger partial charge on any atom is 0.0503 e. The van der Waals surface area contributed by atoms with E-state index in [1.165, 1.54) is 15.7 Å². The maximum absolute atomic E-state index is 5.97. The molecule has 0 spiro atoms. The largest absolute Gasteiger partial charge is 0.369 e. The van der Waals surface area contributed by atoms with Crippen molar-refractivity contribution in [3.63, 3.8) is 0 Å². The summed E-state index contributed by atoms with van der Waals surface area (Å²) < 4.78 is 1.24. The summed E-state index contributed by atoms with van der Waals surface area (Å²) in [5, 5.41) is 4.32. The van der Waals surface area contributed by atoms with Crippen LogP contribution in [0.1, 0.15) is 13.3 Å². The van der Waals surface area contributed by atoms with E-state index >= 15 is 0 Å². The summed E-state index contributed by atoms with van der Waals surface area (Å²) in [6.07, 6.45) is 1.23. The lowest BCUT2D eigenvalue weighted by molar-refractivity contribution is 0.572. The molecule has 1 aliphatic rings. The Morgan fingerprint density at radius 3 is 3.06 bits per heavy atom. The SMILES string of the molecule is CCNC1CCN(c2ccc(Cl)cc2I)C1. The number of anilines is 1. The van der Waals surface area contributed by atoms with Crippen LogP contribution in [0.3, 0.4) is 0 Å². The Balaban J connectivity index is 2.08. The minimum atomic E-state index is 0.636. The Morgan fingerprint density at radius 2 is 2.38 bits per heavy atom. The number of nitrogens with zero attached hydrogens (tertiary/aromatic N) is 1. The van der Waals surface area contributed by atoms with Crippen LogP contribution >= 0.6 is 34.2 Å². The van der Waals surface area contributed by atoms with Gasteiger partial charge in [0.05, 0.1) is 5.69 Å². The van der Waals surface area contributed by atoms with Gasteiger partial charge in [0, 0.05) is 27.7 Å². The molecule has 16 heavy (non-hydrogen) atoms. The van der Waals surface area contributed by atoms with Gasteiger partial charge >= 0.3 is 0 Å². The van der Waals surface area contributed by atoms with Gasteiger partial charge in [-0.1, -0.05) is 18.5 Å². The van der Waals surface area contributed by atoms with Gasteiger partial charge in [-0.25, -0.2) is 0 Å². The van der Waals surface area contributed by atoms with Crippen molar-refractivity contribution in [3.8, 4) is 0 Å². The predicted octanol–water partition coefficient (Wildman–Crippen LogP) is 3.13. The van der Waals surface area contributed by atoms with E-state index in [0.29, 0.717) is 6.04 Å². The van der Waals surface area contributed by atoms with E-state index in [1.807, 2.05) is 12.1 Å². The summed E-state index contributed by atoms with van der Waals surface area (Å²) in [6, 6.07) is 6.76. The van der Waals surface area contributed by atoms with E-state index in [9.17, 15) is 0 Å². The standard InChI is InChI=1S/C12H16ClIN2/c1-2-15-10-5-6-16(8-10)12-4-3-9(13)7-11(12)14/h3-4,7,10,15H,2,5-6,8H2,1H3. The second-order valence-corrected chi connectivity index (χ2v) is 5.68. The summed E-state index contributed by atoms with van der Waals surface area (Å²) in [5.74, 6) is 0. The van der Waals surface area contributed by atoms with E-state index < -0.39 is 0 Å². The number of likely N-dealkylation sites (N-methyl/N-ethyl adjacent to an activating group) is 1. The summed E-state index contributed by atoms with van der Waals surface area (Å²) in [4.78, 5) is 2.44. The zero-order valence-corrected chi connectivity index (χ0v) is 12.3. The van der Waals surface area contributed by atoms with Crippen molar-refractivity contribution in [1.29, 1.82) is 0 Å². The summed E-state index contributed by atoms with van der Waals surface area (Å²) in [7, 11) is 0. The fraction of sp³-hybridized carbons (Fsp3) is 0.500. The molecule has 2 rings (SSSR count). The first-order valence-electron chi connectivity index (χ1n) is 5.64. The highest BCUT2D eigenvalue weighted by molar-refractivity contribution is 14.1. The molecule has 1 saturated heterocycles. The highest BCUT2D eigenvalue weighted by Gasteiger charge is 2.22. The molecule has 0 aliphatic carbocycles. The van der Waals surface area contributed by atoms with E-state index in [0.717, 1.165) is 24.7 Å². The molecule has 0 radical (unpaired) electrons. The third-order valence-corrected chi connectivity index (χ3v) is 4.03.